The Morgan fingerprint density at radius 1 is 1.45 bits per heavy atom. The van der Waals surface area contributed by atoms with Crippen molar-refractivity contribution in [1.29, 1.82) is 0 Å². The molecule has 1 aromatic rings. The molecule has 0 unspecified atom stereocenters. The molecule has 2 rings (SSSR count). The summed E-state index contributed by atoms with van der Waals surface area (Å²) in [6.45, 7) is 0.798. The molecule has 0 radical (unpaired) electrons. The quantitative estimate of drug-likeness (QED) is 0.650. The van der Waals surface area contributed by atoms with Gasteiger partial charge in [-0.1, -0.05) is 18.2 Å². The fraction of sp³-hybridized carbons (Fsp3) is 0.333. The molecule has 0 aromatic heterocycles. The van der Waals surface area contributed by atoms with Crippen molar-refractivity contribution in [2.75, 3.05) is 13.2 Å². The molecule has 1 atom stereocenters. The van der Waals surface area contributed by atoms with Crippen LogP contribution in [0.25, 0.3) is 0 Å². The lowest BCUT2D eigenvalue weighted by Gasteiger charge is -2.01. The molecule has 1 aliphatic rings. The third-order valence-corrected chi connectivity index (χ3v) is 2.02. The summed E-state index contributed by atoms with van der Waals surface area (Å²) in [6, 6.07) is 7.85. The Bertz CT molecular complexity index is 257. The van der Waals surface area contributed by atoms with Crippen molar-refractivity contribution in [3.05, 3.63) is 29.8 Å². The first-order valence-corrected chi connectivity index (χ1v) is 3.74. The number of benzene rings is 1. The van der Waals surface area contributed by atoms with Gasteiger partial charge in [-0.3, -0.25) is 0 Å². The van der Waals surface area contributed by atoms with Crippen LogP contribution in [0.5, 0.6) is 5.75 Å². The minimum absolute atomic E-state index is 0.178. The molecule has 0 fully saturated rings. The van der Waals surface area contributed by atoms with Crippen LogP contribution in [0.2, 0.25) is 0 Å². The van der Waals surface area contributed by atoms with Crippen molar-refractivity contribution in [3.8, 4) is 5.75 Å². The predicted molar refractivity (Wildman–Crippen MR) is 41.8 cm³/mol. The van der Waals surface area contributed by atoms with E-state index >= 15 is 0 Å². The van der Waals surface area contributed by atoms with E-state index in [1.165, 1.54) is 0 Å². The second-order valence-electron chi connectivity index (χ2n) is 2.73. The topological polar surface area (TPSA) is 29.5 Å². The van der Waals surface area contributed by atoms with Gasteiger partial charge in [0.15, 0.2) is 0 Å². The zero-order valence-electron chi connectivity index (χ0n) is 6.16. The van der Waals surface area contributed by atoms with Gasteiger partial charge in [0, 0.05) is 11.5 Å². The summed E-state index contributed by atoms with van der Waals surface area (Å²) >= 11 is 0. The SMILES string of the molecule is OC[C@H]1COc2ccccc21. The van der Waals surface area contributed by atoms with E-state index in [9.17, 15) is 0 Å². The van der Waals surface area contributed by atoms with E-state index in [2.05, 4.69) is 0 Å². The van der Waals surface area contributed by atoms with Crippen LogP contribution in [0.15, 0.2) is 24.3 Å². The molecule has 0 spiro atoms. The minimum Gasteiger partial charge on any atom is -0.493 e. The molecule has 2 nitrogen and oxygen atoms in total. The van der Waals surface area contributed by atoms with Gasteiger partial charge in [0.2, 0.25) is 0 Å². The first-order valence-electron chi connectivity index (χ1n) is 3.74. The van der Waals surface area contributed by atoms with E-state index in [-0.39, 0.29) is 12.5 Å². The highest BCUT2D eigenvalue weighted by Crippen LogP contribution is 2.32. The molecule has 11 heavy (non-hydrogen) atoms. The molecule has 58 valence electrons. The summed E-state index contributed by atoms with van der Waals surface area (Å²) in [5.41, 5.74) is 1.13. The molecule has 1 heterocycles. The maximum Gasteiger partial charge on any atom is 0.123 e. The van der Waals surface area contributed by atoms with Crippen molar-refractivity contribution in [2.45, 2.75) is 5.92 Å². The van der Waals surface area contributed by atoms with Crippen LogP contribution in [-0.2, 0) is 0 Å². The maximum absolute atomic E-state index is 8.93. The minimum atomic E-state index is 0.178. The molecule has 0 saturated carbocycles. The van der Waals surface area contributed by atoms with Crippen LogP contribution in [-0.4, -0.2) is 18.3 Å². The Kier molecular flexibility index (Phi) is 1.55. The van der Waals surface area contributed by atoms with Gasteiger partial charge in [-0.05, 0) is 6.07 Å². The van der Waals surface area contributed by atoms with E-state index in [1.54, 1.807) is 0 Å². The van der Waals surface area contributed by atoms with Gasteiger partial charge in [0.25, 0.3) is 0 Å². The number of para-hydroxylation sites is 1. The lowest BCUT2D eigenvalue weighted by molar-refractivity contribution is 0.232. The zero-order chi connectivity index (χ0) is 7.68. The lowest BCUT2D eigenvalue weighted by atomic mass is 10.0. The van der Waals surface area contributed by atoms with Gasteiger partial charge in [-0.2, -0.15) is 0 Å². The van der Waals surface area contributed by atoms with Crippen LogP contribution in [0.3, 0.4) is 0 Å². The highest BCUT2D eigenvalue weighted by Gasteiger charge is 2.21. The summed E-state index contributed by atoms with van der Waals surface area (Å²) in [7, 11) is 0. The molecular weight excluding hydrogens is 140 g/mol. The number of rotatable bonds is 1. The number of aliphatic hydroxyl groups excluding tert-OH is 1. The molecule has 0 bridgehead atoms. The highest BCUT2D eigenvalue weighted by atomic mass is 16.5. The predicted octanol–water partition coefficient (Wildman–Crippen LogP) is 1.15. The Morgan fingerprint density at radius 2 is 2.27 bits per heavy atom. The van der Waals surface area contributed by atoms with Gasteiger partial charge in [0.1, 0.15) is 5.75 Å². The van der Waals surface area contributed by atoms with Crippen LogP contribution in [0.1, 0.15) is 11.5 Å². The van der Waals surface area contributed by atoms with E-state index < -0.39 is 0 Å². The Hall–Kier alpha value is -1.02. The standard InChI is InChI=1S/C9H10O2/c10-5-7-6-11-9-4-2-1-3-8(7)9/h1-4,7,10H,5-6H2/t7-/m0/s1. The fourth-order valence-corrected chi connectivity index (χ4v) is 1.38. The summed E-state index contributed by atoms with van der Waals surface area (Å²) in [5, 5.41) is 8.93. The van der Waals surface area contributed by atoms with Crippen LogP contribution in [0, 0.1) is 0 Å². The highest BCUT2D eigenvalue weighted by molar-refractivity contribution is 5.39. The number of hydrogen-bond donors (Lipinski definition) is 1. The molecule has 1 aromatic carbocycles. The van der Waals surface area contributed by atoms with Gasteiger partial charge in [0.05, 0.1) is 13.2 Å². The Morgan fingerprint density at radius 3 is 3.09 bits per heavy atom. The molecule has 1 aliphatic heterocycles. The van der Waals surface area contributed by atoms with Crippen molar-refractivity contribution in [1.82, 2.24) is 0 Å². The van der Waals surface area contributed by atoms with Crippen molar-refractivity contribution in [2.24, 2.45) is 0 Å². The third-order valence-electron chi connectivity index (χ3n) is 2.02. The van der Waals surface area contributed by atoms with Gasteiger partial charge >= 0.3 is 0 Å². The Balaban J connectivity index is 2.39. The molecule has 0 aliphatic carbocycles. The van der Waals surface area contributed by atoms with E-state index in [0.29, 0.717) is 6.61 Å². The van der Waals surface area contributed by atoms with Crippen LogP contribution >= 0.6 is 0 Å². The van der Waals surface area contributed by atoms with Crippen molar-refractivity contribution < 1.29 is 9.84 Å². The summed E-state index contributed by atoms with van der Waals surface area (Å²) in [6.07, 6.45) is 0. The fourth-order valence-electron chi connectivity index (χ4n) is 1.38. The normalized spacial score (nSPS) is 21.0. The summed E-state index contributed by atoms with van der Waals surface area (Å²) < 4.78 is 5.34. The van der Waals surface area contributed by atoms with Crippen LogP contribution < -0.4 is 4.74 Å². The second kappa shape index (κ2) is 2.55. The van der Waals surface area contributed by atoms with Gasteiger partial charge < -0.3 is 9.84 Å². The molecule has 2 heteroatoms. The lowest BCUT2D eigenvalue weighted by Crippen LogP contribution is -2.04. The molecular formula is C9H10O2. The van der Waals surface area contributed by atoms with Crippen LogP contribution in [0.4, 0.5) is 0 Å². The van der Waals surface area contributed by atoms with Crippen molar-refractivity contribution in [3.63, 3.8) is 0 Å². The molecule has 1 N–H and O–H groups in total. The third kappa shape index (κ3) is 0.994. The molecule has 0 saturated heterocycles. The first-order chi connectivity index (χ1) is 5.42. The maximum atomic E-state index is 8.93. The van der Waals surface area contributed by atoms with Crippen molar-refractivity contribution >= 4 is 0 Å². The van der Waals surface area contributed by atoms with Gasteiger partial charge in [-0.25, -0.2) is 0 Å². The monoisotopic (exact) mass is 150 g/mol. The Labute approximate surface area is 65.4 Å². The first kappa shape index (κ1) is 6.68. The van der Waals surface area contributed by atoms with Gasteiger partial charge in [-0.15, -0.1) is 0 Å². The average Bonchev–Trinajstić information content (AvgIpc) is 2.47. The smallest absolute Gasteiger partial charge is 0.123 e. The van der Waals surface area contributed by atoms with E-state index in [4.69, 9.17) is 9.84 Å². The molecule has 0 amide bonds. The number of fused-ring (bicyclic) bond motifs is 1. The van der Waals surface area contributed by atoms with E-state index in [0.717, 1.165) is 11.3 Å². The number of hydrogen-bond acceptors (Lipinski definition) is 2. The average molecular weight is 150 g/mol. The van der Waals surface area contributed by atoms with E-state index in [1.807, 2.05) is 24.3 Å². The largest absolute Gasteiger partial charge is 0.493 e. The summed E-state index contributed by atoms with van der Waals surface area (Å²) in [5.74, 6) is 1.11. The number of ether oxygens (including phenoxy) is 1. The summed E-state index contributed by atoms with van der Waals surface area (Å²) in [4.78, 5) is 0. The second-order valence-corrected chi connectivity index (χ2v) is 2.73. The number of aliphatic hydroxyl groups is 1. The zero-order valence-corrected chi connectivity index (χ0v) is 6.16.